The second-order valence-electron chi connectivity index (χ2n) is 3.90. The maximum Gasteiger partial charge on any atom is 0.283 e. The predicted octanol–water partition coefficient (Wildman–Crippen LogP) is 1.84. The molecule has 0 bridgehead atoms. The van der Waals surface area contributed by atoms with Gasteiger partial charge >= 0.3 is 0 Å². The molecule has 1 aromatic heterocycles. The van der Waals surface area contributed by atoms with Gasteiger partial charge in [-0.1, -0.05) is 0 Å². The Bertz CT molecular complexity index is 705. The van der Waals surface area contributed by atoms with Crippen molar-refractivity contribution in [3.8, 4) is 6.07 Å². The van der Waals surface area contributed by atoms with Crippen LogP contribution < -0.4 is 0 Å². The van der Waals surface area contributed by atoms with Crippen molar-refractivity contribution in [3.63, 3.8) is 0 Å². The van der Waals surface area contributed by atoms with Gasteiger partial charge in [-0.05, 0) is 23.9 Å². The summed E-state index contributed by atoms with van der Waals surface area (Å²) in [6.45, 7) is -0.162. The van der Waals surface area contributed by atoms with E-state index in [9.17, 15) is 10.1 Å². The maximum atomic E-state index is 11.0. The number of nitro groups is 1. The number of nitrogens with zero attached hydrogens (tertiary/aromatic N) is 4. The summed E-state index contributed by atoms with van der Waals surface area (Å²) in [5, 5.41) is 29.5. The van der Waals surface area contributed by atoms with Crippen molar-refractivity contribution in [1.29, 1.82) is 5.26 Å². The van der Waals surface area contributed by atoms with Crippen molar-refractivity contribution in [1.82, 2.24) is 9.55 Å². The van der Waals surface area contributed by atoms with Crippen LogP contribution in [-0.2, 0) is 13.7 Å². The number of aromatic nitrogens is 2. The highest BCUT2D eigenvalue weighted by atomic mass is 32.2. The quantitative estimate of drug-likeness (QED) is 0.680. The number of nitro benzene ring substituents is 1. The molecule has 0 aliphatic rings. The van der Waals surface area contributed by atoms with Crippen molar-refractivity contribution in [2.24, 2.45) is 7.05 Å². The first-order valence-corrected chi connectivity index (χ1v) is 6.36. The van der Waals surface area contributed by atoms with Crippen molar-refractivity contribution >= 4 is 17.4 Å². The Kier molecular flexibility index (Phi) is 4.02. The van der Waals surface area contributed by atoms with Gasteiger partial charge in [0.05, 0.1) is 39.9 Å². The normalized spacial score (nSPS) is 10.2. The van der Waals surface area contributed by atoms with E-state index in [1.807, 2.05) is 6.07 Å². The molecular weight excluding hydrogens is 280 g/mol. The molecule has 2 aromatic rings. The van der Waals surface area contributed by atoms with E-state index in [2.05, 4.69) is 4.98 Å². The van der Waals surface area contributed by atoms with Gasteiger partial charge in [-0.3, -0.25) is 10.1 Å². The minimum atomic E-state index is -0.501. The first-order valence-electron chi connectivity index (χ1n) is 5.54. The third-order valence-corrected chi connectivity index (χ3v) is 3.80. The highest BCUT2D eigenvalue weighted by Gasteiger charge is 2.18. The fraction of sp³-hybridized carbons (Fsp3) is 0.167. The van der Waals surface area contributed by atoms with Crippen LogP contribution in [0.5, 0.6) is 0 Å². The standard InChI is InChI=1S/C12H10N4O3S/c1-15-9(7-17)6-14-12(15)20-11-4-8(5-13)2-3-10(11)16(18)19/h2-4,6,17H,7H2,1H3. The predicted molar refractivity (Wildman–Crippen MR) is 71.1 cm³/mol. The zero-order valence-corrected chi connectivity index (χ0v) is 11.3. The summed E-state index contributed by atoms with van der Waals surface area (Å²) < 4.78 is 1.65. The molecule has 0 spiro atoms. The molecule has 0 amide bonds. The third kappa shape index (κ3) is 2.64. The number of imidazole rings is 1. The number of nitriles is 1. The summed E-state index contributed by atoms with van der Waals surface area (Å²) >= 11 is 1.08. The molecule has 8 heteroatoms. The van der Waals surface area contributed by atoms with Crippen LogP contribution in [0.1, 0.15) is 11.3 Å². The highest BCUT2D eigenvalue weighted by molar-refractivity contribution is 7.99. The molecule has 0 saturated carbocycles. The lowest BCUT2D eigenvalue weighted by molar-refractivity contribution is -0.387. The SMILES string of the molecule is Cn1c(CO)cnc1Sc1cc(C#N)ccc1[N+](=O)[O-]. The van der Waals surface area contributed by atoms with Gasteiger partial charge in [0.1, 0.15) is 0 Å². The molecule has 20 heavy (non-hydrogen) atoms. The van der Waals surface area contributed by atoms with Gasteiger partial charge < -0.3 is 9.67 Å². The number of aliphatic hydroxyl groups excluding tert-OH is 1. The summed E-state index contributed by atoms with van der Waals surface area (Å²) in [5.41, 5.74) is 0.865. The van der Waals surface area contributed by atoms with Crippen LogP contribution in [-0.4, -0.2) is 19.6 Å². The van der Waals surface area contributed by atoms with Gasteiger partial charge in [-0.25, -0.2) is 4.98 Å². The van der Waals surface area contributed by atoms with E-state index < -0.39 is 4.92 Å². The van der Waals surface area contributed by atoms with E-state index in [0.29, 0.717) is 21.3 Å². The molecule has 1 heterocycles. The molecule has 0 radical (unpaired) electrons. The number of aliphatic hydroxyl groups is 1. The highest BCUT2D eigenvalue weighted by Crippen LogP contribution is 2.34. The molecule has 1 N–H and O–H groups in total. The smallest absolute Gasteiger partial charge is 0.283 e. The summed E-state index contributed by atoms with van der Waals surface area (Å²) in [5.74, 6) is 0. The minimum Gasteiger partial charge on any atom is -0.390 e. The van der Waals surface area contributed by atoms with Gasteiger partial charge in [0, 0.05) is 13.1 Å². The summed E-state index contributed by atoms with van der Waals surface area (Å²) in [7, 11) is 1.71. The Morgan fingerprint density at radius 1 is 1.60 bits per heavy atom. The van der Waals surface area contributed by atoms with Crippen molar-refractivity contribution in [3.05, 3.63) is 45.8 Å². The summed E-state index contributed by atoms with van der Waals surface area (Å²) in [4.78, 5) is 14.9. The molecule has 2 rings (SSSR count). The lowest BCUT2D eigenvalue weighted by atomic mass is 10.2. The summed E-state index contributed by atoms with van der Waals surface area (Å²) in [6.07, 6.45) is 1.50. The van der Waals surface area contributed by atoms with Crippen LogP contribution in [0.3, 0.4) is 0 Å². The molecule has 0 saturated heterocycles. The Labute approximate surface area is 118 Å². The molecule has 102 valence electrons. The lowest BCUT2D eigenvalue weighted by Crippen LogP contribution is -1.98. The van der Waals surface area contributed by atoms with Gasteiger partial charge in [0.25, 0.3) is 5.69 Å². The molecule has 0 atom stereocenters. The lowest BCUT2D eigenvalue weighted by Gasteiger charge is -2.05. The zero-order valence-electron chi connectivity index (χ0n) is 10.5. The van der Waals surface area contributed by atoms with Crippen molar-refractivity contribution in [2.45, 2.75) is 16.7 Å². The van der Waals surface area contributed by atoms with Crippen LogP contribution in [0.15, 0.2) is 34.4 Å². The Hall–Kier alpha value is -2.37. The molecule has 1 aromatic carbocycles. The topological polar surface area (TPSA) is 105 Å². The first-order chi connectivity index (χ1) is 9.56. The molecule has 7 nitrogen and oxygen atoms in total. The molecule has 0 unspecified atom stereocenters. The van der Waals surface area contributed by atoms with Crippen LogP contribution in [0.25, 0.3) is 0 Å². The maximum absolute atomic E-state index is 11.0. The number of hydrogen-bond donors (Lipinski definition) is 1. The van der Waals surface area contributed by atoms with Crippen LogP contribution in [0, 0.1) is 21.4 Å². The van der Waals surface area contributed by atoms with Gasteiger partial charge in [-0.2, -0.15) is 5.26 Å². The number of rotatable bonds is 4. The third-order valence-electron chi connectivity index (χ3n) is 2.69. The van der Waals surface area contributed by atoms with E-state index in [1.165, 1.54) is 24.4 Å². The van der Waals surface area contributed by atoms with E-state index in [1.54, 1.807) is 11.6 Å². The van der Waals surface area contributed by atoms with E-state index in [4.69, 9.17) is 10.4 Å². The first kappa shape index (κ1) is 14.0. The second-order valence-corrected chi connectivity index (χ2v) is 4.91. The Morgan fingerprint density at radius 2 is 2.35 bits per heavy atom. The fourth-order valence-corrected chi connectivity index (χ4v) is 2.57. The van der Waals surface area contributed by atoms with Gasteiger partial charge in [0.2, 0.25) is 0 Å². The average molecular weight is 290 g/mol. The second kappa shape index (κ2) is 5.73. The van der Waals surface area contributed by atoms with E-state index >= 15 is 0 Å². The van der Waals surface area contributed by atoms with Gasteiger partial charge in [-0.15, -0.1) is 0 Å². The van der Waals surface area contributed by atoms with Crippen LogP contribution in [0.2, 0.25) is 0 Å². The van der Waals surface area contributed by atoms with Crippen molar-refractivity contribution in [2.75, 3.05) is 0 Å². The van der Waals surface area contributed by atoms with Crippen LogP contribution >= 0.6 is 11.8 Å². The molecular formula is C12H10N4O3S. The van der Waals surface area contributed by atoms with E-state index in [-0.39, 0.29) is 12.3 Å². The Balaban J connectivity index is 2.43. The largest absolute Gasteiger partial charge is 0.390 e. The molecule has 0 aliphatic carbocycles. The zero-order chi connectivity index (χ0) is 14.7. The molecule has 0 aliphatic heterocycles. The number of benzene rings is 1. The Morgan fingerprint density at radius 3 is 2.90 bits per heavy atom. The average Bonchev–Trinajstić information content (AvgIpc) is 2.79. The van der Waals surface area contributed by atoms with Crippen LogP contribution in [0.4, 0.5) is 5.69 Å². The molecule has 0 fully saturated rings. The monoisotopic (exact) mass is 290 g/mol. The fourth-order valence-electron chi connectivity index (χ4n) is 1.58. The van der Waals surface area contributed by atoms with E-state index in [0.717, 1.165) is 11.8 Å². The summed E-state index contributed by atoms with van der Waals surface area (Å²) in [6, 6.07) is 6.11. The minimum absolute atomic E-state index is 0.0810. The van der Waals surface area contributed by atoms with Crippen molar-refractivity contribution < 1.29 is 10.0 Å². The van der Waals surface area contributed by atoms with Gasteiger partial charge in [0.15, 0.2) is 5.16 Å². The number of hydrogen-bond acceptors (Lipinski definition) is 6.